The topological polar surface area (TPSA) is 50.5 Å². The van der Waals surface area contributed by atoms with Crippen molar-refractivity contribution in [1.82, 2.24) is 4.90 Å². The second-order valence-corrected chi connectivity index (χ2v) is 6.34. The second-order valence-electron chi connectivity index (χ2n) is 4.53. The molecule has 0 N–H and O–H groups in total. The van der Waals surface area contributed by atoms with E-state index < -0.39 is 0 Å². The molecule has 4 nitrogen and oxygen atoms in total. The highest BCUT2D eigenvalue weighted by Gasteiger charge is 2.35. The predicted octanol–water partition coefficient (Wildman–Crippen LogP) is 4.82. The van der Waals surface area contributed by atoms with E-state index in [1.807, 2.05) is 0 Å². The Morgan fingerprint density at radius 3 is 2.68 bits per heavy atom. The quantitative estimate of drug-likeness (QED) is 0.742. The van der Waals surface area contributed by atoms with Crippen molar-refractivity contribution in [3.05, 3.63) is 62.9 Å². The summed E-state index contributed by atoms with van der Waals surface area (Å²) in [6.45, 7) is 0.150. The molecule has 2 aromatic rings. The van der Waals surface area contributed by atoms with E-state index in [1.165, 1.54) is 11.2 Å². The van der Waals surface area contributed by atoms with Crippen molar-refractivity contribution < 1.29 is 14.0 Å². The number of nitrogens with zero attached hydrogens (tertiary/aromatic N) is 1. The van der Waals surface area contributed by atoms with Crippen molar-refractivity contribution in [1.29, 1.82) is 0 Å². The lowest BCUT2D eigenvalue weighted by Crippen LogP contribution is -2.27. The molecular weight excluding hydrogens is 345 g/mol. The zero-order chi connectivity index (χ0) is 15.7. The van der Waals surface area contributed by atoms with E-state index in [0.717, 1.165) is 17.3 Å². The molecule has 0 radical (unpaired) electrons. The van der Waals surface area contributed by atoms with Gasteiger partial charge in [-0.3, -0.25) is 14.5 Å². The van der Waals surface area contributed by atoms with E-state index in [4.69, 9.17) is 27.6 Å². The van der Waals surface area contributed by atoms with Crippen molar-refractivity contribution in [2.45, 2.75) is 6.54 Å². The molecular formula is C15H9Cl2NO3S. The van der Waals surface area contributed by atoms with Gasteiger partial charge in [-0.05, 0) is 41.6 Å². The van der Waals surface area contributed by atoms with Gasteiger partial charge in [0.2, 0.25) is 0 Å². The van der Waals surface area contributed by atoms with Gasteiger partial charge in [-0.1, -0.05) is 29.3 Å². The number of hydrogen-bond acceptors (Lipinski definition) is 4. The van der Waals surface area contributed by atoms with Crippen LogP contribution < -0.4 is 0 Å². The zero-order valence-electron chi connectivity index (χ0n) is 11.1. The number of amides is 2. The number of furan rings is 1. The van der Waals surface area contributed by atoms with Crippen molar-refractivity contribution in [3.8, 4) is 0 Å². The molecule has 2 heterocycles. The van der Waals surface area contributed by atoms with Gasteiger partial charge in [-0.2, -0.15) is 0 Å². The SMILES string of the molecule is O=C1SC(=Cc2ccco2)C(=O)N1Cc1ccc(Cl)c(Cl)c1. The highest BCUT2D eigenvalue weighted by Crippen LogP contribution is 2.34. The van der Waals surface area contributed by atoms with Gasteiger partial charge in [-0.25, -0.2) is 0 Å². The Labute approximate surface area is 140 Å². The van der Waals surface area contributed by atoms with E-state index in [2.05, 4.69) is 0 Å². The Balaban J connectivity index is 1.81. The van der Waals surface area contributed by atoms with E-state index >= 15 is 0 Å². The van der Waals surface area contributed by atoms with Gasteiger partial charge in [0.15, 0.2) is 0 Å². The molecule has 0 bridgehead atoms. The summed E-state index contributed by atoms with van der Waals surface area (Å²) in [5.41, 5.74) is 0.732. The third-order valence-electron chi connectivity index (χ3n) is 3.01. The average Bonchev–Trinajstić information content (AvgIpc) is 3.07. The number of imide groups is 1. The van der Waals surface area contributed by atoms with Gasteiger partial charge in [0.25, 0.3) is 11.1 Å². The summed E-state index contributed by atoms with van der Waals surface area (Å²) >= 11 is 12.7. The number of hydrogen-bond donors (Lipinski definition) is 0. The van der Waals surface area contributed by atoms with Crippen LogP contribution in [-0.2, 0) is 11.3 Å². The summed E-state index contributed by atoms with van der Waals surface area (Å²) in [5.74, 6) is 0.178. The lowest BCUT2D eigenvalue weighted by atomic mass is 10.2. The van der Waals surface area contributed by atoms with Crippen LogP contribution in [0.15, 0.2) is 45.9 Å². The molecule has 0 unspecified atom stereocenters. The van der Waals surface area contributed by atoms with Gasteiger partial charge < -0.3 is 4.42 Å². The van der Waals surface area contributed by atoms with Crippen LogP contribution in [0.3, 0.4) is 0 Å². The van der Waals surface area contributed by atoms with Crippen LogP contribution in [0.2, 0.25) is 10.0 Å². The number of rotatable bonds is 3. The number of carbonyl (C=O) groups is 2. The Morgan fingerprint density at radius 1 is 1.18 bits per heavy atom. The lowest BCUT2D eigenvalue weighted by molar-refractivity contribution is -0.123. The Hall–Kier alpha value is -1.69. The van der Waals surface area contributed by atoms with E-state index in [-0.39, 0.29) is 17.7 Å². The molecule has 112 valence electrons. The molecule has 3 rings (SSSR count). The molecule has 0 aliphatic carbocycles. The van der Waals surface area contributed by atoms with E-state index in [0.29, 0.717) is 20.7 Å². The maximum atomic E-state index is 12.3. The molecule has 1 aromatic carbocycles. The first-order chi connectivity index (χ1) is 10.5. The Kier molecular flexibility index (Phi) is 4.29. The maximum absolute atomic E-state index is 12.3. The van der Waals surface area contributed by atoms with Crippen molar-refractivity contribution in [2.24, 2.45) is 0 Å². The average molecular weight is 354 g/mol. The first kappa shape index (κ1) is 15.2. The fraction of sp³-hybridized carbons (Fsp3) is 0.0667. The molecule has 1 fully saturated rings. The van der Waals surface area contributed by atoms with Crippen LogP contribution in [-0.4, -0.2) is 16.0 Å². The van der Waals surface area contributed by atoms with Crippen LogP contribution in [0.5, 0.6) is 0 Å². The largest absolute Gasteiger partial charge is 0.465 e. The third kappa shape index (κ3) is 3.06. The van der Waals surface area contributed by atoms with Crippen LogP contribution in [0.25, 0.3) is 6.08 Å². The van der Waals surface area contributed by atoms with Crippen molar-refractivity contribution in [2.75, 3.05) is 0 Å². The summed E-state index contributed by atoms with van der Waals surface area (Å²) in [6.07, 6.45) is 3.06. The summed E-state index contributed by atoms with van der Waals surface area (Å²) in [7, 11) is 0. The molecule has 0 atom stereocenters. The summed E-state index contributed by atoms with van der Waals surface area (Å²) in [6, 6.07) is 8.44. The van der Waals surface area contributed by atoms with E-state index in [9.17, 15) is 9.59 Å². The Morgan fingerprint density at radius 2 is 2.00 bits per heavy atom. The molecule has 1 aliphatic heterocycles. The predicted molar refractivity (Wildman–Crippen MR) is 86.7 cm³/mol. The zero-order valence-corrected chi connectivity index (χ0v) is 13.4. The summed E-state index contributed by atoms with van der Waals surface area (Å²) in [5, 5.41) is 0.489. The molecule has 2 amide bonds. The fourth-order valence-electron chi connectivity index (χ4n) is 1.96. The van der Waals surface area contributed by atoms with Crippen molar-refractivity contribution in [3.63, 3.8) is 0 Å². The molecule has 0 spiro atoms. The summed E-state index contributed by atoms with van der Waals surface area (Å²) < 4.78 is 5.16. The van der Waals surface area contributed by atoms with Crippen LogP contribution in [0, 0.1) is 0 Å². The van der Waals surface area contributed by atoms with Gasteiger partial charge in [0, 0.05) is 6.08 Å². The van der Waals surface area contributed by atoms with Crippen LogP contribution >= 0.6 is 35.0 Å². The van der Waals surface area contributed by atoms with Gasteiger partial charge in [0.1, 0.15) is 5.76 Å². The number of carbonyl (C=O) groups excluding carboxylic acids is 2. The highest BCUT2D eigenvalue weighted by molar-refractivity contribution is 8.18. The van der Waals surface area contributed by atoms with E-state index in [1.54, 1.807) is 36.4 Å². The van der Waals surface area contributed by atoms with Crippen LogP contribution in [0.1, 0.15) is 11.3 Å². The minimum atomic E-state index is -0.350. The minimum absolute atomic E-state index is 0.150. The Bertz CT molecular complexity index is 771. The van der Waals surface area contributed by atoms with Gasteiger partial charge >= 0.3 is 0 Å². The molecule has 0 saturated carbocycles. The monoisotopic (exact) mass is 353 g/mol. The van der Waals surface area contributed by atoms with Crippen LogP contribution in [0.4, 0.5) is 4.79 Å². The first-order valence-electron chi connectivity index (χ1n) is 6.27. The highest BCUT2D eigenvalue weighted by atomic mass is 35.5. The molecule has 1 aromatic heterocycles. The minimum Gasteiger partial charge on any atom is -0.465 e. The van der Waals surface area contributed by atoms with Crippen molar-refractivity contribution >= 4 is 52.2 Å². The molecule has 22 heavy (non-hydrogen) atoms. The number of halogens is 2. The number of benzene rings is 1. The van der Waals surface area contributed by atoms with Gasteiger partial charge in [0.05, 0.1) is 27.8 Å². The summed E-state index contributed by atoms with van der Waals surface area (Å²) in [4.78, 5) is 25.8. The second kappa shape index (κ2) is 6.20. The first-order valence-corrected chi connectivity index (χ1v) is 7.84. The molecule has 1 saturated heterocycles. The smallest absolute Gasteiger partial charge is 0.293 e. The van der Waals surface area contributed by atoms with Gasteiger partial charge in [-0.15, -0.1) is 0 Å². The standard InChI is InChI=1S/C15H9Cl2NO3S/c16-11-4-3-9(6-12(11)17)8-18-14(19)13(22-15(18)20)7-10-2-1-5-21-10/h1-7H,8H2. The lowest BCUT2D eigenvalue weighted by Gasteiger charge is -2.12. The third-order valence-corrected chi connectivity index (χ3v) is 4.66. The normalized spacial score (nSPS) is 16.8. The maximum Gasteiger partial charge on any atom is 0.293 e. The fourth-order valence-corrected chi connectivity index (χ4v) is 3.10. The number of thioether (sulfide) groups is 1. The molecule has 1 aliphatic rings. The molecule has 7 heteroatoms.